The molecule has 7 atom stereocenters. The van der Waals surface area contributed by atoms with E-state index in [-0.39, 0.29) is 23.3 Å². The Balaban J connectivity index is 1.90. The Morgan fingerprint density at radius 1 is 1.14 bits per heavy atom. The Morgan fingerprint density at radius 3 is 2.50 bits per heavy atom. The van der Waals surface area contributed by atoms with Crippen LogP contribution in [-0.2, 0) is 19.1 Å². The van der Waals surface area contributed by atoms with E-state index in [1.807, 2.05) is 6.92 Å². The molecule has 0 aromatic heterocycles. The van der Waals surface area contributed by atoms with Gasteiger partial charge in [-0.1, -0.05) is 19.9 Å². The van der Waals surface area contributed by atoms with Crippen LogP contribution in [0.4, 0.5) is 0 Å². The molecule has 4 aliphatic rings. The van der Waals surface area contributed by atoms with Gasteiger partial charge in [0.2, 0.25) is 0 Å². The van der Waals surface area contributed by atoms with Gasteiger partial charge in [-0.15, -0.1) is 0 Å². The Morgan fingerprint density at radius 2 is 1.86 bits per heavy atom. The number of fused-ring (bicyclic) bond motifs is 3. The molecule has 4 aliphatic carbocycles. The summed E-state index contributed by atoms with van der Waals surface area (Å²) in [6.45, 7) is 9.91. The molecule has 2 bridgehead atoms. The maximum absolute atomic E-state index is 12.9. The smallest absolute Gasteiger partial charge is 0.311 e. The minimum absolute atomic E-state index is 0.0591. The molecule has 4 fully saturated rings. The van der Waals surface area contributed by atoms with Crippen LogP contribution in [0.25, 0.3) is 0 Å². The third-order valence-electron chi connectivity index (χ3n) is 9.36. The highest BCUT2D eigenvalue weighted by Crippen LogP contribution is 2.75. The van der Waals surface area contributed by atoms with Gasteiger partial charge in [-0.05, 0) is 69.3 Å². The third-order valence-corrected chi connectivity index (χ3v) is 9.36. The number of carbonyl (C=O) groups is 2. The van der Waals surface area contributed by atoms with Crippen molar-refractivity contribution < 1.29 is 24.2 Å². The molecule has 1 spiro atoms. The van der Waals surface area contributed by atoms with Gasteiger partial charge in [0.15, 0.2) is 0 Å². The highest BCUT2D eigenvalue weighted by Gasteiger charge is 2.77. The number of methoxy groups -OCH3 is 1. The second kappa shape index (κ2) is 6.07. The summed E-state index contributed by atoms with van der Waals surface area (Å²) in [7, 11) is 1.46. The molecule has 28 heavy (non-hydrogen) atoms. The largest absolute Gasteiger partial charge is 0.469 e. The molecule has 5 nitrogen and oxygen atoms in total. The number of carbonyl (C=O) groups excluding carboxylic acids is 2. The average Bonchev–Trinajstić information content (AvgIpc) is 2.84. The summed E-state index contributed by atoms with van der Waals surface area (Å²) in [4.78, 5) is 25.2. The second-order valence-corrected chi connectivity index (χ2v) is 10.3. The lowest BCUT2D eigenvalue weighted by Gasteiger charge is -2.68. The summed E-state index contributed by atoms with van der Waals surface area (Å²) < 4.78 is 11.5. The van der Waals surface area contributed by atoms with Crippen molar-refractivity contribution in [3.8, 4) is 0 Å². The Bertz CT molecular complexity index is 731. The summed E-state index contributed by atoms with van der Waals surface area (Å²) in [5, 5.41) is 11.3. The van der Waals surface area contributed by atoms with E-state index in [2.05, 4.69) is 13.5 Å². The van der Waals surface area contributed by atoms with E-state index in [4.69, 9.17) is 9.47 Å². The maximum atomic E-state index is 12.9. The minimum atomic E-state index is -0.764. The molecule has 0 unspecified atom stereocenters. The van der Waals surface area contributed by atoms with Crippen LogP contribution in [0.1, 0.15) is 72.1 Å². The average molecular weight is 391 g/mol. The van der Waals surface area contributed by atoms with Crippen LogP contribution in [-0.4, -0.2) is 35.9 Å². The van der Waals surface area contributed by atoms with Crippen LogP contribution in [0.3, 0.4) is 0 Å². The summed E-state index contributed by atoms with van der Waals surface area (Å²) in [6.07, 6.45) is 5.95. The number of aliphatic hydroxyl groups is 1. The van der Waals surface area contributed by atoms with Crippen LogP contribution in [0.15, 0.2) is 12.2 Å². The number of rotatable bonds is 2. The Hall–Kier alpha value is -1.36. The second-order valence-electron chi connectivity index (χ2n) is 10.3. The van der Waals surface area contributed by atoms with Crippen LogP contribution in [0, 0.1) is 28.1 Å². The van der Waals surface area contributed by atoms with Gasteiger partial charge in [0.05, 0.1) is 18.6 Å². The zero-order valence-corrected chi connectivity index (χ0v) is 17.7. The van der Waals surface area contributed by atoms with E-state index in [1.54, 1.807) is 0 Å². The molecule has 0 aromatic carbocycles. The summed E-state index contributed by atoms with van der Waals surface area (Å²) in [6, 6.07) is 0. The van der Waals surface area contributed by atoms with Gasteiger partial charge in [0.1, 0.15) is 5.60 Å². The fourth-order valence-electron chi connectivity index (χ4n) is 8.24. The van der Waals surface area contributed by atoms with E-state index in [9.17, 15) is 14.7 Å². The normalized spacial score (nSPS) is 49.8. The number of ether oxygens (including phenoxy) is 2. The highest BCUT2D eigenvalue weighted by atomic mass is 16.6. The molecular formula is C23H34O5. The van der Waals surface area contributed by atoms with Crippen molar-refractivity contribution in [2.75, 3.05) is 7.11 Å². The topological polar surface area (TPSA) is 72.8 Å². The fourth-order valence-corrected chi connectivity index (χ4v) is 8.24. The zero-order valence-electron chi connectivity index (χ0n) is 17.7. The molecule has 156 valence electrons. The molecule has 0 heterocycles. The van der Waals surface area contributed by atoms with Crippen molar-refractivity contribution in [2.24, 2.45) is 28.1 Å². The molecule has 1 N–H and O–H groups in total. The standard InChI is InChI=1S/C23H34O5/c1-14-16-7-12-23(28-15(2)24)21(4)10-6-9-20(3,19(26)27-5)17(21)8-11-22(23,13-16)18(14)25/h16-18,25H,1,6-13H2,2-5H3/t16-,17-,18+,20-,21-,22+,23-/m1/s1. The summed E-state index contributed by atoms with van der Waals surface area (Å²) >= 11 is 0. The van der Waals surface area contributed by atoms with Gasteiger partial charge in [-0.25, -0.2) is 0 Å². The van der Waals surface area contributed by atoms with E-state index in [0.717, 1.165) is 56.9 Å². The third kappa shape index (κ3) is 2.12. The van der Waals surface area contributed by atoms with Gasteiger partial charge in [-0.3, -0.25) is 9.59 Å². The lowest BCUT2D eigenvalue weighted by molar-refractivity contribution is -0.285. The first-order valence-electron chi connectivity index (χ1n) is 10.7. The van der Waals surface area contributed by atoms with Gasteiger partial charge in [0.25, 0.3) is 0 Å². The van der Waals surface area contributed by atoms with Crippen molar-refractivity contribution >= 4 is 11.9 Å². The SMILES string of the molecule is C=C1[C@@H]2CC[C@]3(OC(C)=O)[C@@](CC[C@@H]4[C@](C)(C(=O)OC)CCC[C@]43C)(C2)[C@H]1O. The van der Waals surface area contributed by atoms with Crippen molar-refractivity contribution in [1.82, 2.24) is 0 Å². The van der Waals surface area contributed by atoms with Crippen molar-refractivity contribution in [1.29, 1.82) is 0 Å². The first-order valence-corrected chi connectivity index (χ1v) is 10.7. The molecule has 0 amide bonds. The van der Waals surface area contributed by atoms with E-state index < -0.39 is 22.5 Å². The van der Waals surface area contributed by atoms with Gasteiger partial charge in [-0.2, -0.15) is 0 Å². The van der Waals surface area contributed by atoms with Crippen molar-refractivity contribution in [3.63, 3.8) is 0 Å². The minimum Gasteiger partial charge on any atom is -0.469 e. The lowest BCUT2D eigenvalue weighted by atomic mass is 9.38. The quantitative estimate of drug-likeness (QED) is 0.574. The van der Waals surface area contributed by atoms with Gasteiger partial charge in [0, 0.05) is 17.8 Å². The molecule has 5 heteroatoms. The Kier molecular flexibility index (Phi) is 4.32. The molecule has 0 saturated heterocycles. The first kappa shape index (κ1) is 19.9. The van der Waals surface area contributed by atoms with Crippen molar-refractivity contribution in [3.05, 3.63) is 12.2 Å². The van der Waals surface area contributed by atoms with Crippen LogP contribution in [0.5, 0.6) is 0 Å². The predicted molar refractivity (Wildman–Crippen MR) is 104 cm³/mol. The lowest BCUT2D eigenvalue weighted by Crippen LogP contribution is -2.72. The first-order chi connectivity index (χ1) is 13.1. The molecule has 0 aliphatic heterocycles. The highest BCUT2D eigenvalue weighted by molar-refractivity contribution is 5.77. The summed E-state index contributed by atoms with van der Waals surface area (Å²) in [5.41, 5.74) is -1.32. The van der Waals surface area contributed by atoms with E-state index >= 15 is 0 Å². The maximum Gasteiger partial charge on any atom is 0.311 e. The number of hydrogen-bond acceptors (Lipinski definition) is 5. The molecule has 4 rings (SSSR count). The van der Waals surface area contributed by atoms with E-state index in [0.29, 0.717) is 5.92 Å². The van der Waals surface area contributed by atoms with Crippen LogP contribution in [0.2, 0.25) is 0 Å². The number of hydrogen-bond donors (Lipinski definition) is 1. The van der Waals surface area contributed by atoms with Crippen LogP contribution >= 0.6 is 0 Å². The van der Waals surface area contributed by atoms with Crippen LogP contribution < -0.4 is 0 Å². The number of aliphatic hydroxyl groups excluding tert-OH is 1. The molecule has 0 aromatic rings. The summed E-state index contributed by atoms with van der Waals surface area (Å²) in [5.74, 6) is -0.102. The fraction of sp³-hybridized carbons (Fsp3) is 0.826. The van der Waals surface area contributed by atoms with Crippen molar-refractivity contribution in [2.45, 2.75) is 83.8 Å². The Labute approximate surface area is 167 Å². The predicted octanol–water partition coefficient (Wildman–Crippen LogP) is 3.79. The molecule has 4 saturated carbocycles. The van der Waals surface area contributed by atoms with E-state index in [1.165, 1.54) is 14.0 Å². The molecular weight excluding hydrogens is 356 g/mol. The monoisotopic (exact) mass is 390 g/mol. The number of esters is 2. The molecule has 0 radical (unpaired) electrons. The van der Waals surface area contributed by atoms with Gasteiger partial charge < -0.3 is 14.6 Å². The van der Waals surface area contributed by atoms with Gasteiger partial charge >= 0.3 is 11.9 Å². The zero-order chi connectivity index (χ0) is 20.5.